The molecule has 0 unspecified atom stereocenters. The predicted octanol–water partition coefficient (Wildman–Crippen LogP) is 2.56. The Labute approximate surface area is 118 Å². The Morgan fingerprint density at radius 3 is 2.95 bits per heavy atom. The zero-order chi connectivity index (χ0) is 14.0. The Kier molecular flexibility index (Phi) is 3.44. The predicted molar refractivity (Wildman–Crippen MR) is 75.4 cm³/mol. The Balaban J connectivity index is 1.77. The molecular formula is C15H19N3O2. The van der Waals surface area contributed by atoms with Gasteiger partial charge >= 0.3 is 0 Å². The Morgan fingerprint density at radius 1 is 1.40 bits per heavy atom. The van der Waals surface area contributed by atoms with Crippen LogP contribution in [0.2, 0.25) is 0 Å². The molecule has 0 aliphatic heterocycles. The lowest BCUT2D eigenvalue weighted by Gasteiger charge is -2.36. The second-order valence-electron chi connectivity index (χ2n) is 5.37. The van der Waals surface area contributed by atoms with Crippen molar-refractivity contribution in [2.24, 2.45) is 5.73 Å². The maximum Gasteiger partial charge on any atom is 0.228 e. The van der Waals surface area contributed by atoms with Crippen LogP contribution < -0.4 is 10.5 Å². The summed E-state index contributed by atoms with van der Waals surface area (Å²) in [6.07, 6.45) is 3.91. The summed E-state index contributed by atoms with van der Waals surface area (Å²) in [5.74, 6) is 2.01. The summed E-state index contributed by atoms with van der Waals surface area (Å²) >= 11 is 0. The number of ether oxygens (including phenoxy) is 1. The number of aromatic nitrogens is 2. The van der Waals surface area contributed by atoms with E-state index in [9.17, 15) is 0 Å². The molecule has 2 aromatic rings. The van der Waals surface area contributed by atoms with Crippen LogP contribution in [0.3, 0.4) is 0 Å². The lowest BCUT2D eigenvalue weighted by Crippen LogP contribution is -2.48. The smallest absolute Gasteiger partial charge is 0.228 e. The van der Waals surface area contributed by atoms with E-state index in [1.54, 1.807) is 0 Å². The van der Waals surface area contributed by atoms with Gasteiger partial charge in [-0.3, -0.25) is 0 Å². The molecule has 1 aliphatic rings. The van der Waals surface area contributed by atoms with E-state index >= 15 is 0 Å². The van der Waals surface area contributed by atoms with Crippen molar-refractivity contribution in [2.75, 3.05) is 6.61 Å². The fourth-order valence-electron chi connectivity index (χ4n) is 2.44. The summed E-state index contributed by atoms with van der Waals surface area (Å²) in [6, 6.07) is 7.70. The van der Waals surface area contributed by atoms with Crippen LogP contribution in [0.15, 0.2) is 28.8 Å². The summed E-state index contributed by atoms with van der Waals surface area (Å²) < 4.78 is 10.8. The second-order valence-corrected chi connectivity index (χ2v) is 5.37. The van der Waals surface area contributed by atoms with Gasteiger partial charge in [0.15, 0.2) is 0 Å². The fraction of sp³-hybridized carbons (Fsp3) is 0.467. The van der Waals surface area contributed by atoms with E-state index in [1.807, 2.05) is 31.2 Å². The molecule has 3 rings (SSSR count). The van der Waals surface area contributed by atoms with Crippen LogP contribution in [0.1, 0.15) is 32.1 Å². The maximum absolute atomic E-state index is 6.20. The molecule has 5 heteroatoms. The van der Waals surface area contributed by atoms with Gasteiger partial charge in [-0.15, -0.1) is 0 Å². The third-order valence-electron chi connectivity index (χ3n) is 3.72. The van der Waals surface area contributed by atoms with E-state index in [1.165, 1.54) is 6.42 Å². The van der Waals surface area contributed by atoms with Crippen molar-refractivity contribution in [1.82, 2.24) is 10.1 Å². The van der Waals surface area contributed by atoms with Crippen LogP contribution in [-0.2, 0) is 6.42 Å². The Hall–Kier alpha value is -1.88. The molecule has 20 heavy (non-hydrogen) atoms. The summed E-state index contributed by atoms with van der Waals surface area (Å²) in [5, 5.41) is 4.03. The SMILES string of the molecule is CCOc1cccc(-c2noc(CC3(N)CCC3)n2)c1. The Morgan fingerprint density at radius 2 is 2.25 bits per heavy atom. The lowest BCUT2D eigenvalue weighted by atomic mass is 9.75. The van der Waals surface area contributed by atoms with Crippen LogP contribution in [0, 0.1) is 0 Å². The Bertz CT molecular complexity index is 590. The molecule has 0 radical (unpaired) electrons. The molecule has 0 spiro atoms. The second kappa shape index (κ2) is 5.25. The highest BCUT2D eigenvalue weighted by atomic mass is 16.5. The van der Waals surface area contributed by atoms with Gasteiger partial charge in [0.1, 0.15) is 5.75 Å². The van der Waals surface area contributed by atoms with Crippen molar-refractivity contribution < 1.29 is 9.26 Å². The first-order chi connectivity index (χ1) is 9.68. The topological polar surface area (TPSA) is 74.2 Å². The molecular weight excluding hydrogens is 254 g/mol. The molecule has 1 aromatic heterocycles. The number of hydrogen-bond donors (Lipinski definition) is 1. The fourth-order valence-corrected chi connectivity index (χ4v) is 2.44. The molecule has 1 aliphatic carbocycles. The molecule has 2 N–H and O–H groups in total. The number of benzene rings is 1. The normalized spacial score (nSPS) is 16.7. The van der Waals surface area contributed by atoms with Crippen molar-refractivity contribution >= 4 is 0 Å². The third-order valence-corrected chi connectivity index (χ3v) is 3.72. The van der Waals surface area contributed by atoms with Crippen LogP contribution >= 0.6 is 0 Å². The number of nitrogens with zero attached hydrogens (tertiary/aromatic N) is 2. The molecule has 5 nitrogen and oxygen atoms in total. The summed E-state index contributed by atoms with van der Waals surface area (Å²) in [7, 11) is 0. The highest BCUT2D eigenvalue weighted by Crippen LogP contribution is 2.32. The average Bonchev–Trinajstić information content (AvgIpc) is 2.86. The summed E-state index contributed by atoms with van der Waals surface area (Å²) in [4.78, 5) is 4.44. The molecule has 1 heterocycles. The molecule has 1 aromatic carbocycles. The van der Waals surface area contributed by atoms with E-state index in [-0.39, 0.29) is 5.54 Å². The molecule has 0 atom stereocenters. The van der Waals surface area contributed by atoms with Gasteiger partial charge in [0.25, 0.3) is 0 Å². The van der Waals surface area contributed by atoms with Crippen molar-refractivity contribution in [3.05, 3.63) is 30.2 Å². The van der Waals surface area contributed by atoms with E-state index in [0.717, 1.165) is 24.2 Å². The number of rotatable bonds is 5. The van der Waals surface area contributed by atoms with Gasteiger partial charge in [0.2, 0.25) is 11.7 Å². The van der Waals surface area contributed by atoms with Gasteiger partial charge in [-0.2, -0.15) is 4.98 Å². The summed E-state index contributed by atoms with van der Waals surface area (Å²) in [5.41, 5.74) is 6.95. The van der Waals surface area contributed by atoms with Gasteiger partial charge in [-0.25, -0.2) is 0 Å². The standard InChI is InChI=1S/C15H19N3O2/c1-2-19-12-6-3-5-11(9-12)14-17-13(20-18-14)10-15(16)7-4-8-15/h3,5-6,9H,2,4,7-8,10,16H2,1H3. The zero-order valence-electron chi connectivity index (χ0n) is 11.6. The van der Waals surface area contributed by atoms with E-state index in [0.29, 0.717) is 24.7 Å². The third kappa shape index (κ3) is 2.67. The number of nitrogens with two attached hydrogens (primary N) is 1. The van der Waals surface area contributed by atoms with Crippen molar-refractivity contribution in [1.29, 1.82) is 0 Å². The van der Waals surface area contributed by atoms with Gasteiger partial charge in [0.05, 0.1) is 6.61 Å². The zero-order valence-corrected chi connectivity index (χ0v) is 11.6. The number of hydrogen-bond acceptors (Lipinski definition) is 5. The van der Waals surface area contributed by atoms with Gasteiger partial charge < -0.3 is 15.0 Å². The quantitative estimate of drug-likeness (QED) is 0.906. The lowest BCUT2D eigenvalue weighted by molar-refractivity contribution is 0.222. The highest BCUT2D eigenvalue weighted by molar-refractivity contribution is 5.56. The molecule has 1 fully saturated rings. The molecule has 1 saturated carbocycles. The average molecular weight is 273 g/mol. The molecule has 0 bridgehead atoms. The van der Waals surface area contributed by atoms with Gasteiger partial charge in [0, 0.05) is 17.5 Å². The maximum atomic E-state index is 6.20. The molecule has 106 valence electrons. The molecule has 0 saturated heterocycles. The minimum Gasteiger partial charge on any atom is -0.494 e. The van der Waals surface area contributed by atoms with Crippen LogP contribution in [0.4, 0.5) is 0 Å². The molecule has 0 amide bonds. The first-order valence-electron chi connectivity index (χ1n) is 7.03. The van der Waals surface area contributed by atoms with Crippen LogP contribution in [0.5, 0.6) is 5.75 Å². The van der Waals surface area contributed by atoms with E-state index in [4.69, 9.17) is 15.0 Å². The van der Waals surface area contributed by atoms with E-state index < -0.39 is 0 Å². The summed E-state index contributed by atoms with van der Waals surface area (Å²) in [6.45, 7) is 2.59. The monoisotopic (exact) mass is 273 g/mol. The van der Waals surface area contributed by atoms with Crippen LogP contribution in [0.25, 0.3) is 11.4 Å². The van der Waals surface area contributed by atoms with Gasteiger partial charge in [-0.05, 0) is 38.3 Å². The highest BCUT2D eigenvalue weighted by Gasteiger charge is 2.34. The largest absolute Gasteiger partial charge is 0.494 e. The van der Waals surface area contributed by atoms with E-state index in [2.05, 4.69) is 10.1 Å². The first-order valence-corrected chi connectivity index (χ1v) is 7.03. The minimum atomic E-state index is -0.142. The van der Waals surface area contributed by atoms with Crippen LogP contribution in [-0.4, -0.2) is 22.3 Å². The first kappa shape index (κ1) is 13.1. The minimum absolute atomic E-state index is 0.142. The van der Waals surface area contributed by atoms with Crippen molar-refractivity contribution in [3.8, 4) is 17.1 Å². The van der Waals surface area contributed by atoms with Crippen molar-refractivity contribution in [2.45, 2.75) is 38.1 Å². The van der Waals surface area contributed by atoms with Crippen molar-refractivity contribution in [3.63, 3.8) is 0 Å². The van der Waals surface area contributed by atoms with Gasteiger partial charge in [-0.1, -0.05) is 17.3 Å².